The van der Waals surface area contributed by atoms with Gasteiger partial charge in [-0.15, -0.1) is 0 Å². The van der Waals surface area contributed by atoms with E-state index in [9.17, 15) is 0 Å². The van der Waals surface area contributed by atoms with E-state index >= 15 is 0 Å². The van der Waals surface area contributed by atoms with Crippen molar-refractivity contribution in [2.45, 2.75) is 26.2 Å². The highest BCUT2D eigenvalue weighted by molar-refractivity contribution is 6.32. The molecule has 0 aromatic heterocycles. The number of benzene rings is 2. The molecule has 0 aliphatic heterocycles. The Morgan fingerprint density at radius 2 is 1.72 bits per heavy atom. The monoisotopic (exact) mass is 278 g/mol. The molecule has 0 aliphatic rings. The van der Waals surface area contributed by atoms with Crippen LogP contribution in [0.25, 0.3) is 0 Å². The zero-order chi connectivity index (χ0) is 13.1. The molecular formula is C16H16Cl2. The van der Waals surface area contributed by atoms with E-state index in [0.29, 0.717) is 5.92 Å². The van der Waals surface area contributed by atoms with Crippen LogP contribution in [0.4, 0.5) is 0 Å². The SMILES string of the molecule is CC(C)c1cccc(Cc2cccc(Cl)c2)c1Cl. The first-order valence-corrected chi connectivity index (χ1v) is 6.85. The van der Waals surface area contributed by atoms with Gasteiger partial charge in [-0.25, -0.2) is 0 Å². The van der Waals surface area contributed by atoms with Crippen LogP contribution in [0.2, 0.25) is 10.0 Å². The van der Waals surface area contributed by atoms with Crippen LogP contribution in [0, 0.1) is 0 Å². The van der Waals surface area contributed by atoms with Gasteiger partial charge in [-0.2, -0.15) is 0 Å². The van der Waals surface area contributed by atoms with Gasteiger partial charge in [0.1, 0.15) is 0 Å². The average Bonchev–Trinajstić information content (AvgIpc) is 2.31. The predicted octanol–water partition coefficient (Wildman–Crippen LogP) is 5.71. The van der Waals surface area contributed by atoms with Gasteiger partial charge in [-0.05, 0) is 41.2 Å². The van der Waals surface area contributed by atoms with E-state index in [1.807, 2.05) is 18.2 Å². The van der Waals surface area contributed by atoms with Crippen LogP contribution >= 0.6 is 23.2 Å². The van der Waals surface area contributed by atoms with Crippen LogP contribution in [-0.4, -0.2) is 0 Å². The minimum absolute atomic E-state index is 0.441. The smallest absolute Gasteiger partial charge is 0.0475 e. The van der Waals surface area contributed by atoms with Crippen molar-refractivity contribution in [2.75, 3.05) is 0 Å². The minimum atomic E-state index is 0.441. The molecule has 94 valence electrons. The Kier molecular flexibility index (Phi) is 4.31. The summed E-state index contributed by atoms with van der Waals surface area (Å²) in [6.45, 7) is 4.31. The molecule has 0 unspecified atom stereocenters. The van der Waals surface area contributed by atoms with Crippen molar-refractivity contribution in [2.24, 2.45) is 0 Å². The van der Waals surface area contributed by atoms with Gasteiger partial charge in [0, 0.05) is 10.0 Å². The van der Waals surface area contributed by atoms with Crippen molar-refractivity contribution in [1.29, 1.82) is 0 Å². The molecule has 2 aromatic carbocycles. The van der Waals surface area contributed by atoms with Crippen LogP contribution in [0.15, 0.2) is 42.5 Å². The van der Waals surface area contributed by atoms with E-state index in [2.05, 4.69) is 38.1 Å². The quantitative estimate of drug-likeness (QED) is 0.675. The molecule has 0 atom stereocenters. The first-order valence-electron chi connectivity index (χ1n) is 6.09. The van der Waals surface area contributed by atoms with Crippen molar-refractivity contribution in [3.8, 4) is 0 Å². The molecule has 0 heterocycles. The highest BCUT2D eigenvalue weighted by Gasteiger charge is 2.09. The fraction of sp³-hybridized carbons (Fsp3) is 0.250. The third-order valence-electron chi connectivity index (χ3n) is 3.01. The normalized spacial score (nSPS) is 10.9. The number of rotatable bonds is 3. The predicted molar refractivity (Wildman–Crippen MR) is 79.8 cm³/mol. The van der Waals surface area contributed by atoms with Gasteiger partial charge in [-0.3, -0.25) is 0 Å². The van der Waals surface area contributed by atoms with E-state index in [4.69, 9.17) is 23.2 Å². The number of hydrogen-bond acceptors (Lipinski definition) is 0. The maximum Gasteiger partial charge on any atom is 0.0475 e. The second-order valence-corrected chi connectivity index (χ2v) is 5.60. The average molecular weight is 279 g/mol. The van der Waals surface area contributed by atoms with Crippen LogP contribution < -0.4 is 0 Å². The minimum Gasteiger partial charge on any atom is -0.0843 e. The van der Waals surface area contributed by atoms with E-state index in [1.54, 1.807) is 0 Å². The lowest BCUT2D eigenvalue weighted by molar-refractivity contribution is 0.863. The van der Waals surface area contributed by atoms with Gasteiger partial charge < -0.3 is 0 Å². The highest BCUT2D eigenvalue weighted by atomic mass is 35.5. The second kappa shape index (κ2) is 5.77. The molecule has 0 fully saturated rings. The Labute approximate surface area is 119 Å². The fourth-order valence-electron chi connectivity index (χ4n) is 2.05. The molecule has 0 N–H and O–H groups in total. The summed E-state index contributed by atoms with van der Waals surface area (Å²) in [6.07, 6.45) is 0.819. The lowest BCUT2D eigenvalue weighted by Gasteiger charge is -2.12. The summed E-state index contributed by atoms with van der Waals surface area (Å²) in [7, 11) is 0. The maximum atomic E-state index is 6.46. The molecule has 2 aromatic rings. The van der Waals surface area contributed by atoms with Gasteiger partial charge >= 0.3 is 0 Å². The molecule has 2 rings (SSSR count). The Bertz CT molecular complexity index is 545. The molecule has 0 amide bonds. The molecule has 0 radical (unpaired) electrons. The van der Waals surface area contributed by atoms with Gasteiger partial charge in [0.25, 0.3) is 0 Å². The van der Waals surface area contributed by atoms with Crippen molar-refractivity contribution in [3.63, 3.8) is 0 Å². The molecule has 18 heavy (non-hydrogen) atoms. The molecule has 0 nitrogen and oxygen atoms in total. The second-order valence-electron chi connectivity index (χ2n) is 4.78. The number of hydrogen-bond donors (Lipinski definition) is 0. The van der Waals surface area contributed by atoms with Gasteiger partial charge in [0.05, 0.1) is 0 Å². The third kappa shape index (κ3) is 3.07. The first kappa shape index (κ1) is 13.5. The van der Waals surface area contributed by atoms with Crippen LogP contribution in [0.3, 0.4) is 0 Å². The van der Waals surface area contributed by atoms with Crippen molar-refractivity contribution >= 4 is 23.2 Å². The molecule has 0 bridgehead atoms. The summed E-state index contributed by atoms with van der Waals surface area (Å²) in [5, 5.41) is 1.65. The Morgan fingerprint density at radius 1 is 1.00 bits per heavy atom. The van der Waals surface area contributed by atoms with E-state index in [-0.39, 0.29) is 0 Å². The lowest BCUT2D eigenvalue weighted by atomic mass is 9.97. The van der Waals surface area contributed by atoms with Crippen LogP contribution in [-0.2, 0) is 6.42 Å². The highest BCUT2D eigenvalue weighted by Crippen LogP contribution is 2.29. The summed E-state index contributed by atoms with van der Waals surface area (Å²) in [5.41, 5.74) is 3.55. The van der Waals surface area contributed by atoms with E-state index < -0.39 is 0 Å². The molecular weight excluding hydrogens is 263 g/mol. The standard InChI is InChI=1S/C16H16Cl2/c1-11(2)15-8-4-6-13(16(15)18)9-12-5-3-7-14(17)10-12/h3-8,10-11H,9H2,1-2H3. The topological polar surface area (TPSA) is 0 Å². The summed E-state index contributed by atoms with van der Waals surface area (Å²) in [6, 6.07) is 14.2. The molecule has 0 saturated carbocycles. The maximum absolute atomic E-state index is 6.46. The fourth-order valence-corrected chi connectivity index (χ4v) is 2.67. The van der Waals surface area contributed by atoms with Gasteiger partial charge in [-0.1, -0.05) is 67.4 Å². The summed E-state index contributed by atoms with van der Waals surface area (Å²) in [5.74, 6) is 0.441. The van der Waals surface area contributed by atoms with Crippen molar-refractivity contribution in [1.82, 2.24) is 0 Å². The van der Waals surface area contributed by atoms with Gasteiger partial charge in [0.2, 0.25) is 0 Å². The van der Waals surface area contributed by atoms with Crippen LogP contribution in [0.5, 0.6) is 0 Å². The largest absolute Gasteiger partial charge is 0.0843 e. The molecule has 0 aliphatic carbocycles. The zero-order valence-electron chi connectivity index (χ0n) is 10.6. The third-order valence-corrected chi connectivity index (χ3v) is 3.71. The Balaban J connectivity index is 2.32. The van der Waals surface area contributed by atoms with Crippen molar-refractivity contribution in [3.05, 3.63) is 69.2 Å². The van der Waals surface area contributed by atoms with E-state index in [0.717, 1.165) is 22.0 Å². The Hall–Kier alpha value is -0.980. The first-order chi connectivity index (χ1) is 8.58. The van der Waals surface area contributed by atoms with Crippen LogP contribution in [0.1, 0.15) is 36.5 Å². The molecule has 2 heteroatoms. The summed E-state index contributed by atoms with van der Waals surface area (Å²) < 4.78 is 0. The summed E-state index contributed by atoms with van der Waals surface area (Å²) >= 11 is 12.5. The Morgan fingerprint density at radius 3 is 2.39 bits per heavy atom. The van der Waals surface area contributed by atoms with Crippen molar-refractivity contribution < 1.29 is 0 Å². The lowest BCUT2D eigenvalue weighted by Crippen LogP contribution is -1.95. The zero-order valence-corrected chi connectivity index (χ0v) is 12.1. The number of halogens is 2. The molecule has 0 saturated heterocycles. The van der Waals surface area contributed by atoms with Gasteiger partial charge in [0.15, 0.2) is 0 Å². The molecule has 0 spiro atoms. The van der Waals surface area contributed by atoms with E-state index in [1.165, 1.54) is 11.1 Å². The summed E-state index contributed by atoms with van der Waals surface area (Å²) in [4.78, 5) is 0.